The largest absolute Gasteiger partial charge is 0.303 e. The highest BCUT2D eigenvalue weighted by molar-refractivity contribution is 4.63. The first kappa shape index (κ1) is 12.5. The standard InChI is InChI=1S/C4H11N4.2CH2/c1-2-7-8-4-6-3-5-1;;/h2,5-8H,1,3-4H2;2*1H2. The van der Waals surface area contributed by atoms with Gasteiger partial charge in [-0.3, -0.25) is 10.7 Å². The van der Waals surface area contributed by atoms with Crippen LogP contribution in [-0.2, 0) is 0 Å². The van der Waals surface area contributed by atoms with Crippen LogP contribution >= 0.6 is 0 Å². The minimum absolute atomic E-state index is 0. The number of hydrogen-bond donors (Lipinski definition) is 4. The van der Waals surface area contributed by atoms with Crippen LogP contribution in [0.3, 0.4) is 0 Å². The Morgan fingerprint density at radius 3 is 2.60 bits per heavy atom. The molecule has 4 heteroatoms. The second kappa shape index (κ2) is 8.84. The first-order chi connectivity index (χ1) is 4.00. The zero-order valence-electron chi connectivity index (χ0n) is 6.11. The summed E-state index contributed by atoms with van der Waals surface area (Å²) in [6, 6.07) is 0. The lowest BCUT2D eigenvalue weighted by molar-refractivity contribution is 0.461. The van der Waals surface area contributed by atoms with Gasteiger partial charge in [-0.15, -0.1) is 0 Å². The fourth-order valence-electron chi connectivity index (χ4n) is 0.532. The monoisotopic (exact) mass is 143 g/mol. The number of hydrazine groups is 1. The van der Waals surface area contributed by atoms with Crippen LogP contribution in [-0.4, -0.2) is 19.9 Å². The van der Waals surface area contributed by atoms with Crippen molar-refractivity contribution in [3.63, 3.8) is 0 Å². The molecule has 0 amide bonds. The van der Waals surface area contributed by atoms with Gasteiger partial charge in [-0.2, -0.15) is 0 Å². The third-order valence-electron chi connectivity index (χ3n) is 0.914. The van der Waals surface area contributed by atoms with Crippen LogP contribution in [0.15, 0.2) is 0 Å². The van der Waals surface area contributed by atoms with Crippen molar-refractivity contribution in [2.45, 2.75) is 0 Å². The predicted molar refractivity (Wildman–Crippen MR) is 42.2 cm³/mol. The normalized spacial score (nSPS) is 19.2. The zero-order chi connectivity index (χ0) is 5.66. The smallest absolute Gasteiger partial charge is 0.0599 e. The Balaban J connectivity index is 0. The third kappa shape index (κ3) is 5.97. The fraction of sp³-hybridized carbons (Fsp3) is 0.500. The van der Waals surface area contributed by atoms with E-state index in [1.807, 2.05) is 6.54 Å². The highest BCUT2D eigenvalue weighted by Gasteiger charge is 1.90. The van der Waals surface area contributed by atoms with Crippen LogP contribution in [0.25, 0.3) is 0 Å². The van der Waals surface area contributed by atoms with E-state index in [4.69, 9.17) is 0 Å². The molecule has 0 aromatic rings. The lowest BCUT2D eigenvalue weighted by Crippen LogP contribution is -2.46. The summed E-state index contributed by atoms with van der Waals surface area (Å²) in [7, 11) is 0. The summed E-state index contributed by atoms with van der Waals surface area (Å²) < 4.78 is 0. The van der Waals surface area contributed by atoms with Gasteiger partial charge in [-0.05, 0) is 0 Å². The average Bonchev–Trinajstić information content (AvgIpc) is 1.62. The van der Waals surface area contributed by atoms with E-state index in [1.165, 1.54) is 0 Å². The molecule has 4 N–H and O–H groups in total. The van der Waals surface area contributed by atoms with E-state index in [-0.39, 0.29) is 14.9 Å². The van der Waals surface area contributed by atoms with Crippen LogP contribution in [0.1, 0.15) is 0 Å². The van der Waals surface area contributed by atoms with Crippen molar-refractivity contribution < 1.29 is 0 Å². The second-order valence-electron chi connectivity index (χ2n) is 1.58. The topological polar surface area (TPSA) is 48.1 Å². The van der Waals surface area contributed by atoms with E-state index in [0.717, 1.165) is 19.9 Å². The van der Waals surface area contributed by atoms with E-state index in [1.54, 1.807) is 0 Å². The maximum atomic E-state index is 3.12. The van der Waals surface area contributed by atoms with Gasteiger partial charge in [-0.1, -0.05) is 14.9 Å². The Morgan fingerprint density at radius 2 is 1.80 bits per heavy atom. The van der Waals surface area contributed by atoms with Crippen LogP contribution in [0, 0.1) is 21.4 Å². The average molecular weight is 143 g/mol. The molecule has 0 bridgehead atoms. The Bertz CT molecular complexity index is 33.7. The zero-order valence-corrected chi connectivity index (χ0v) is 6.11. The molecule has 5 radical (unpaired) electrons. The summed E-state index contributed by atoms with van der Waals surface area (Å²) in [6.07, 6.45) is 0. The van der Waals surface area contributed by atoms with E-state index in [9.17, 15) is 0 Å². The van der Waals surface area contributed by atoms with Gasteiger partial charge in [0.05, 0.1) is 13.2 Å². The van der Waals surface area contributed by atoms with Gasteiger partial charge >= 0.3 is 0 Å². The minimum Gasteiger partial charge on any atom is -0.303 e. The highest BCUT2D eigenvalue weighted by atomic mass is 15.4. The molecule has 0 spiro atoms. The van der Waals surface area contributed by atoms with Crippen molar-refractivity contribution in [2.24, 2.45) is 0 Å². The summed E-state index contributed by atoms with van der Waals surface area (Å²) >= 11 is 0. The van der Waals surface area contributed by atoms with Crippen molar-refractivity contribution in [3.8, 4) is 0 Å². The molecule has 0 atom stereocenters. The second-order valence-corrected chi connectivity index (χ2v) is 1.58. The first-order valence-corrected chi connectivity index (χ1v) is 2.71. The van der Waals surface area contributed by atoms with Crippen molar-refractivity contribution in [3.05, 3.63) is 21.4 Å². The molecule has 0 aromatic heterocycles. The summed E-state index contributed by atoms with van der Waals surface area (Å²) in [4.78, 5) is 0. The lowest BCUT2D eigenvalue weighted by Gasteiger charge is -2.12. The van der Waals surface area contributed by atoms with Crippen molar-refractivity contribution in [2.75, 3.05) is 19.9 Å². The SMILES string of the molecule is [CH2].[CH2].[CH]1CNCNCNN1. The molecule has 0 saturated carbocycles. The van der Waals surface area contributed by atoms with Gasteiger partial charge in [-0.25, -0.2) is 5.43 Å². The van der Waals surface area contributed by atoms with Gasteiger partial charge in [0.1, 0.15) is 0 Å². The fourth-order valence-corrected chi connectivity index (χ4v) is 0.532. The van der Waals surface area contributed by atoms with Crippen molar-refractivity contribution in [1.29, 1.82) is 0 Å². The molecule has 1 aliphatic heterocycles. The summed E-state index contributed by atoms with van der Waals surface area (Å²) in [6.45, 7) is 4.48. The number of rotatable bonds is 0. The van der Waals surface area contributed by atoms with E-state index >= 15 is 0 Å². The van der Waals surface area contributed by atoms with Gasteiger partial charge in [0.2, 0.25) is 0 Å². The molecule has 1 aliphatic rings. The molecule has 4 nitrogen and oxygen atoms in total. The van der Waals surface area contributed by atoms with E-state index in [2.05, 4.69) is 21.5 Å². The predicted octanol–water partition coefficient (Wildman–Crippen LogP) is -0.995. The molecule has 1 saturated heterocycles. The quantitative estimate of drug-likeness (QED) is 0.351. The number of hydrogen-bond acceptors (Lipinski definition) is 4. The Kier molecular flexibility index (Phi) is 11.1. The van der Waals surface area contributed by atoms with Gasteiger partial charge in [0.25, 0.3) is 0 Å². The molecule has 1 fully saturated rings. The summed E-state index contributed by atoms with van der Waals surface area (Å²) in [5.74, 6) is 0. The van der Waals surface area contributed by atoms with E-state index < -0.39 is 0 Å². The molecular weight excluding hydrogens is 128 g/mol. The molecular formula is C6H15N4. The summed E-state index contributed by atoms with van der Waals surface area (Å²) in [5, 5.41) is 6.20. The Morgan fingerprint density at radius 1 is 1.00 bits per heavy atom. The maximum absolute atomic E-state index is 3.12. The molecule has 1 rings (SSSR count). The van der Waals surface area contributed by atoms with Crippen LogP contribution in [0.5, 0.6) is 0 Å². The molecule has 59 valence electrons. The molecule has 0 aliphatic carbocycles. The van der Waals surface area contributed by atoms with Gasteiger partial charge in [0, 0.05) is 13.2 Å². The van der Waals surface area contributed by atoms with E-state index in [0.29, 0.717) is 0 Å². The van der Waals surface area contributed by atoms with Crippen molar-refractivity contribution in [1.82, 2.24) is 21.5 Å². The Labute approximate surface area is 63.7 Å². The first-order valence-electron chi connectivity index (χ1n) is 2.71. The Hall–Kier alpha value is -0.160. The summed E-state index contributed by atoms with van der Waals surface area (Å²) in [5.41, 5.74) is 5.82. The highest BCUT2D eigenvalue weighted by Crippen LogP contribution is 1.64. The number of nitrogens with one attached hydrogen (secondary N) is 4. The minimum atomic E-state index is 0. The molecule has 1 heterocycles. The van der Waals surface area contributed by atoms with Crippen LogP contribution in [0.2, 0.25) is 0 Å². The third-order valence-corrected chi connectivity index (χ3v) is 0.914. The maximum Gasteiger partial charge on any atom is 0.0599 e. The van der Waals surface area contributed by atoms with Crippen LogP contribution in [0.4, 0.5) is 0 Å². The molecule has 0 unspecified atom stereocenters. The molecule has 10 heavy (non-hydrogen) atoms. The van der Waals surface area contributed by atoms with Gasteiger partial charge in [0.15, 0.2) is 0 Å². The molecule has 0 aromatic carbocycles. The van der Waals surface area contributed by atoms with Crippen molar-refractivity contribution >= 4 is 0 Å². The van der Waals surface area contributed by atoms with Crippen LogP contribution < -0.4 is 21.5 Å². The lowest BCUT2D eigenvalue weighted by atomic mass is 10.6. The van der Waals surface area contributed by atoms with Gasteiger partial charge < -0.3 is 5.32 Å².